The lowest BCUT2D eigenvalue weighted by Crippen LogP contribution is -1.91. The molecule has 0 unspecified atom stereocenters. The molecule has 0 atom stereocenters. The monoisotopic (exact) mass is 322 g/mol. The molecule has 0 bridgehead atoms. The van der Waals surface area contributed by atoms with E-state index >= 15 is 0 Å². The van der Waals surface area contributed by atoms with Gasteiger partial charge in [-0.15, -0.1) is 0 Å². The van der Waals surface area contributed by atoms with Gasteiger partial charge in [-0.3, -0.25) is 0 Å². The number of benzene rings is 2. The van der Waals surface area contributed by atoms with E-state index in [1.165, 1.54) is 12.1 Å². The van der Waals surface area contributed by atoms with E-state index in [4.69, 9.17) is 50.1 Å². The van der Waals surface area contributed by atoms with Crippen molar-refractivity contribution in [2.24, 2.45) is 0 Å². The molecule has 20 heavy (non-hydrogen) atoms. The van der Waals surface area contributed by atoms with Crippen molar-refractivity contribution in [3.63, 3.8) is 0 Å². The first-order valence-electron chi connectivity index (χ1n) is 5.32. The highest BCUT2D eigenvalue weighted by molar-refractivity contribution is 6.37. The van der Waals surface area contributed by atoms with Crippen LogP contribution in [-0.4, -0.2) is 0 Å². The van der Waals surface area contributed by atoms with Crippen LogP contribution in [0.25, 0.3) is 0 Å². The molecule has 0 aliphatic carbocycles. The highest BCUT2D eigenvalue weighted by Crippen LogP contribution is 2.37. The number of nitriles is 2. The minimum atomic E-state index is 0.103. The normalized spacial score (nSPS) is 9.65. The fourth-order valence-electron chi connectivity index (χ4n) is 1.54. The predicted molar refractivity (Wildman–Crippen MR) is 77.4 cm³/mol. The van der Waals surface area contributed by atoms with Crippen LogP contribution in [0.5, 0.6) is 11.5 Å². The van der Waals surface area contributed by atoms with Gasteiger partial charge in [0.25, 0.3) is 0 Å². The smallest absolute Gasteiger partial charge is 0.164 e. The molecule has 0 heterocycles. The second-order valence-electron chi connectivity index (χ2n) is 3.70. The van der Waals surface area contributed by atoms with Gasteiger partial charge >= 0.3 is 0 Å². The summed E-state index contributed by atoms with van der Waals surface area (Å²) in [6.07, 6.45) is 0. The molecule has 2 aromatic rings. The molecule has 0 aliphatic heterocycles. The predicted octanol–water partition coefficient (Wildman–Crippen LogP) is 5.18. The summed E-state index contributed by atoms with van der Waals surface area (Å²) in [5.74, 6) is 0.543. The molecule has 0 N–H and O–H groups in total. The number of ether oxygens (including phenoxy) is 1. The van der Waals surface area contributed by atoms with E-state index in [2.05, 4.69) is 0 Å². The summed E-state index contributed by atoms with van der Waals surface area (Å²) in [4.78, 5) is 0. The average Bonchev–Trinajstić information content (AvgIpc) is 2.42. The summed E-state index contributed by atoms with van der Waals surface area (Å²) in [5.41, 5.74) is 0.227. The van der Waals surface area contributed by atoms with Crippen LogP contribution in [-0.2, 0) is 0 Å². The van der Waals surface area contributed by atoms with Gasteiger partial charge in [-0.2, -0.15) is 10.5 Å². The number of halogens is 3. The van der Waals surface area contributed by atoms with E-state index in [-0.39, 0.29) is 27.6 Å². The van der Waals surface area contributed by atoms with Gasteiger partial charge in [0.1, 0.15) is 17.9 Å². The lowest BCUT2D eigenvalue weighted by molar-refractivity contribution is 0.483. The number of nitrogens with zero attached hydrogens (tertiary/aromatic N) is 2. The van der Waals surface area contributed by atoms with Crippen LogP contribution in [0.2, 0.25) is 15.1 Å². The van der Waals surface area contributed by atoms with Crippen LogP contribution in [0.3, 0.4) is 0 Å². The zero-order valence-electron chi connectivity index (χ0n) is 9.82. The van der Waals surface area contributed by atoms with Crippen molar-refractivity contribution in [3.8, 4) is 23.6 Å². The lowest BCUT2D eigenvalue weighted by Gasteiger charge is -2.10. The third-order valence-electron chi connectivity index (χ3n) is 2.43. The third-order valence-corrected chi connectivity index (χ3v) is 3.33. The van der Waals surface area contributed by atoms with Crippen molar-refractivity contribution in [1.82, 2.24) is 0 Å². The third kappa shape index (κ3) is 2.81. The van der Waals surface area contributed by atoms with Crippen LogP contribution in [0.15, 0.2) is 30.3 Å². The fourth-order valence-corrected chi connectivity index (χ4v) is 2.27. The maximum absolute atomic E-state index is 9.01. The second kappa shape index (κ2) is 6.03. The van der Waals surface area contributed by atoms with Crippen LogP contribution in [0.1, 0.15) is 11.1 Å². The Morgan fingerprint density at radius 1 is 0.900 bits per heavy atom. The summed E-state index contributed by atoms with van der Waals surface area (Å²) in [6, 6.07) is 11.5. The number of para-hydroxylation sites is 1. The highest BCUT2D eigenvalue weighted by Gasteiger charge is 2.13. The molecule has 0 radical (unpaired) electrons. The average molecular weight is 324 g/mol. The van der Waals surface area contributed by atoms with Crippen molar-refractivity contribution >= 4 is 34.8 Å². The Morgan fingerprint density at radius 3 is 2.10 bits per heavy atom. The molecule has 0 aliphatic rings. The van der Waals surface area contributed by atoms with Crippen molar-refractivity contribution in [3.05, 3.63) is 56.5 Å². The van der Waals surface area contributed by atoms with E-state index in [0.717, 1.165) is 0 Å². The molecule has 0 spiro atoms. The van der Waals surface area contributed by atoms with E-state index in [1.54, 1.807) is 18.2 Å². The Labute approximate surface area is 130 Å². The molecule has 2 aromatic carbocycles. The van der Waals surface area contributed by atoms with E-state index < -0.39 is 0 Å². The van der Waals surface area contributed by atoms with Crippen LogP contribution in [0, 0.1) is 22.7 Å². The molecule has 2 rings (SSSR count). The molecule has 0 saturated heterocycles. The SMILES string of the molecule is N#Cc1cc(Oc2c(Cl)cccc2Cl)cc(Cl)c1C#N. The molecule has 3 nitrogen and oxygen atoms in total. The zero-order valence-corrected chi connectivity index (χ0v) is 12.1. The lowest BCUT2D eigenvalue weighted by atomic mass is 10.1. The first-order chi connectivity index (χ1) is 9.56. The Balaban J connectivity index is 2.49. The van der Waals surface area contributed by atoms with Gasteiger partial charge in [-0.05, 0) is 18.2 Å². The van der Waals surface area contributed by atoms with Gasteiger partial charge in [0.05, 0.1) is 26.2 Å². The highest BCUT2D eigenvalue weighted by atomic mass is 35.5. The van der Waals surface area contributed by atoms with Gasteiger partial charge < -0.3 is 4.74 Å². The molecular formula is C14H5Cl3N2O. The summed E-state index contributed by atoms with van der Waals surface area (Å²) in [6.45, 7) is 0. The van der Waals surface area contributed by atoms with Gasteiger partial charge in [0.15, 0.2) is 5.75 Å². The van der Waals surface area contributed by atoms with Gasteiger partial charge in [0.2, 0.25) is 0 Å². The quantitative estimate of drug-likeness (QED) is 0.765. The van der Waals surface area contributed by atoms with Crippen molar-refractivity contribution in [1.29, 1.82) is 10.5 Å². The van der Waals surface area contributed by atoms with E-state index in [9.17, 15) is 0 Å². The molecule has 6 heteroatoms. The van der Waals surface area contributed by atoms with Crippen LogP contribution >= 0.6 is 34.8 Å². The van der Waals surface area contributed by atoms with Gasteiger partial charge in [-0.25, -0.2) is 0 Å². The standard InChI is InChI=1S/C14H5Cl3N2O/c15-11-2-1-3-12(16)14(11)20-9-4-8(6-18)10(7-19)13(17)5-9/h1-5H. The number of rotatable bonds is 2. The molecule has 0 fully saturated rings. The summed E-state index contributed by atoms with van der Waals surface area (Å²) in [7, 11) is 0. The van der Waals surface area contributed by atoms with Crippen molar-refractivity contribution < 1.29 is 4.74 Å². The zero-order chi connectivity index (χ0) is 14.7. The maximum atomic E-state index is 9.01. The van der Waals surface area contributed by atoms with E-state index in [0.29, 0.717) is 10.0 Å². The van der Waals surface area contributed by atoms with E-state index in [1.807, 2.05) is 12.1 Å². The summed E-state index contributed by atoms with van der Waals surface area (Å²) < 4.78 is 5.55. The Bertz CT molecular complexity index is 740. The Kier molecular flexibility index (Phi) is 4.37. The summed E-state index contributed by atoms with van der Waals surface area (Å²) in [5, 5.41) is 18.7. The minimum absolute atomic E-state index is 0.103. The molecule has 98 valence electrons. The van der Waals surface area contributed by atoms with Crippen LogP contribution in [0.4, 0.5) is 0 Å². The largest absolute Gasteiger partial charge is 0.454 e. The van der Waals surface area contributed by atoms with Crippen LogP contribution < -0.4 is 4.74 Å². The van der Waals surface area contributed by atoms with Gasteiger partial charge in [0, 0.05) is 6.07 Å². The topological polar surface area (TPSA) is 56.8 Å². The molecule has 0 amide bonds. The minimum Gasteiger partial charge on any atom is -0.454 e. The fraction of sp³-hybridized carbons (Fsp3) is 0. The van der Waals surface area contributed by atoms with Crippen molar-refractivity contribution in [2.45, 2.75) is 0 Å². The van der Waals surface area contributed by atoms with Crippen molar-refractivity contribution in [2.75, 3.05) is 0 Å². The molecule has 0 saturated carbocycles. The molecule has 0 aromatic heterocycles. The Hall–Kier alpha value is -1.91. The first kappa shape index (κ1) is 14.5. The second-order valence-corrected chi connectivity index (χ2v) is 4.93. The maximum Gasteiger partial charge on any atom is 0.164 e. The number of hydrogen-bond donors (Lipinski definition) is 0. The summed E-state index contributed by atoms with van der Waals surface area (Å²) >= 11 is 17.9. The molecular weight excluding hydrogens is 319 g/mol. The van der Waals surface area contributed by atoms with Gasteiger partial charge in [-0.1, -0.05) is 40.9 Å². The first-order valence-corrected chi connectivity index (χ1v) is 6.46. The Morgan fingerprint density at radius 2 is 1.55 bits per heavy atom. The number of hydrogen-bond acceptors (Lipinski definition) is 3.